The van der Waals surface area contributed by atoms with E-state index in [1.807, 2.05) is 18.2 Å². The molecule has 4 nitrogen and oxygen atoms in total. The minimum absolute atomic E-state index is 0.0384. The summed E-state index contributed by atoms with van der Waals surface area (Å²) in [5.41, 5.74) is 6.94. The molecule has 1 aliphatic rings. The van der Waals surface area contributed by atoms with Crippen LogP contribution in [0.15, 0.2) is 30.3 Å². The van der Waals surface area contributed by atoms with E-state index in [-0.39, 0.29) is 18.2 Å². The SMILES string of the molecule is CC(C)[C@@H](C)C1(CCO)C[C@H](CN)ON1Cc1ccccc1. The molecule has 1 aromatic carbocycles. The third-order valence-electron chi connectivity index (χ3n) is 5.18. The average Bonchev–Trinajstić information content (AvgIpc) is 2.86. The van der Waals surface area contributed by atoms with Crippen molar-refractivity contribution in [1.82, 2.24) is 5.06 Å². The Morgan fingerprint density at radius 1 is 1.32 bits per heavy atom. The van der Waals surface area contributed by atoms with Gasteiger partial charge in [0, 0.05) is 19.7 Å². The summed E-state index contributed by atoms with van der Waals surface area (Å²) in [6, 6.07) is 10.3. The first kappa shape index (κ1) is 17.4. The molecule has 0 aromatic heterocycles. The molecule has 0 spiro atoms. The first-order valence-corrected chi connectivity index (χ1v) is 8.32. The van der Waals surface area contributed by atoms with E-state index in [0.29, 0.717) is 18.4 Å². The van der Waals surface area contributed by atoms with Crippen molar-refractivity contribution in [3.8, 4) is 0 Å². The molecule has 0 bridgehead atoms. The van der Waals surface area contributed by atoms with Gasteiger partial charge in [-0.1, -0.05) is 51.1 Å². The second-order valence-corrected chi connectivity index (χ2v) is 6.80. The van der Waals surface area contributed by atoms with Gasteiger partial charge in [-0.15, -0.1) is 0 Å². The monoisotopic (exact) mass is 306 g/mol. The molecule has 3 atom stereocenters. The third kappa shape index (κ3) is 3.51. The predicted molar refractivity (Wildman–Crippen MR) is 89.0 cm³/mol. The molecule has 124 valence electrons. The van der Waals surface area contributed by atoms with E-state index in [4.69, 9.17) is 10.6 Å². The van der Waals surface area contributed by atoms with Crippen LogP contribution in [0.1, 0.15) is 39.2 Å². The van der Waals surface area contributed by atoms with Gasteiger partial charge in [0.05, 0.1) is 11.6 Å². The van der Waals surface area contributed by atoms with Gasteiger partial charge in [0.1, 0.15) is 0 Å². The smallest absolute Gasteiger partial charge is 0.0934 e. The van der Waals surface area contributed by atoms with Crippen LogP contribution in [-0.4, -0.2) is 35.0 Å². The lowest BCUT2D eigenvalue weighted by atomic mass is 9.73. The molecule has 1 aliphatic heterocycles. The molecule has 2 rings (SSSR count). The zero-order valence-electron chi connectivity index (χ0n) is 14.0. The van der Waals surface area contributed by atoms with Crippen LogP contribution in [0.5, 0.6) is 0 Å². The first-order valence-electron chi connectivity index (χ1n) is 8.32. The Balaban J connectivity index is 2.29. The fraction of sp³-hybridized carbons (Fsp3) is 0.667. The van der Waals surface area contributed by atoms with Crippen molar-refractivity contribution in [2.45, 2.75) is 51.8 Å². The predicted octanol–water partition coefficient (Wildman–Crippen LogP) is 2.56. The van der Waals surface area contributed by atoms with E-state index in [0.717, 1.165) is 19.4 Å². The molecule has 4 heteroatoms. The van der Waals surface area contributed by atoms with Gasteiger partial charge in [-0.25, -0.2) is 0 Å². The number of hydrogen-bond acceptors (Lipinski definition) is 4. The number of nitrogens with two attached hydrogens (primary N) is 1. The normalized spacial score (nSPS) is 27.5. The number of hydroxylamine groups is 2. The van der Waals surface area contributed by atoms with Gasteiger partial charge in [0.15, 0.2) is 0 Å². The molecular weight excluding hydrogens is 276 g/mol. The largest absolute Gasteiger partial charge is 0.396 e. The number of aliphatic hydroxyl groups excluding tert-OH is 1. The van der Waals surface area contributed by atoms with E-state index >= 15 is 0 Å². The number of hydrogen-bond donors (Lipinski definition) is 2. The zero-order chi connectivity index (χ0) is 16.2. The molecular formula is C18H30N2O2. The average molecular weight is 306 g/mol. The van der Waals surface area contributed by atoms with Crippen molar-refractivity contribution in [3.63, 3.8) is 0 Å². The molecule has 0 saturated carbocycles. The van der Waals surface area contributed by atoms with E-state index in [9.17, 15) is 5.11 Å². The lowest BCUT2D eigenvalue weighted by Gasteiger charge is -2.43. The van der Waals surface area contributed by atoms with Crippen LogP contribution in [-0.2, 0) is 11.4 Å². The van der Waals surface area contributed by atoms with E-state index < -0.39 is 0 Å². The molecule has 3 N–H and O–H groups in total. The van der Waals surface area contributed by atoms with Crippen LogP contribution >= 0.6 is 0 Å². The van der Waals surface area contributed by atoms with Crippen molar-refractivity contribution in [1.29, 1.82) is 0 Å². The summed E-state index contributed by atoms with van der Waals surface area (Å²) in [5, 5.41) is 11.7. The van der Waals surface area contributed by atoms with Crippen molar-refractivity contribution >= 4 is 0 Å². The van der Waals surface area contributed by atoms with Gasteiger partial charge in [0.2, 0.25) is 0 Å². The summed E-state index contributed by atoms with van der Waals surface area (Å²) in [5.74, 6) is 0.935. The van der Waals surface area contributed by atoms with Crippen LogP contribution in [0.4, 0.5) is 0 Å². The number of nitrogens with zero attached hydrogens (tertiary/aromatic N) is 1. The fourth-order valence-electron chi connectivity index (χ4n) is 3.57. The van der Waals surface area contributed by atoms with Crippen molar-refractivity contribution in [2.24, 2.45) is 17.6 Å². The number of rotatable bonds is 7. The summed E-state index contributed by atoms with van der Waals surface area (Å²) in [6.45, 7) is 8.15. The minimum Gasteiger partial charge on any atom is -0.396 e. The van der Waals surface area contributed by atoms with Crippen molar-refractivity contribution in [2.75, 3.05) is 13.2 Å². The standard InChI is InChI=1S/C18H30N2O2/c1-14(2)15(3)18(9-10-21)11-17(12-19)22-20(18)13-16-7-5-4-6-8-16/h4-8,14-15,17,21H,9-13,19H2,1-3H3/t15-,17-,18?/m1/s1. The Hall–Kier alpha value is -0.940. The van der Waals surface area contributed by atoms with Gasteiger partial charge in [-0.3, -0.25) is 4.84 Å². The highest BCUT2D eigenvalue weighted by molar-refractivity contribution is 5.15. The topological polar surface area (TPSA) is 58.7 Å². The van der Waals surface area contributed by atoms with Crippen LogP contribution in [0.25, 0.3) is 0 Å². The van der Waals surface area contributed by atoms with Gasteiger partial charge < -0.3 is 10.8 Å². The Labute approximate surface area is 134 Å². The molecule has 0 aliphatic carbocycles. The molecule has 0 radical (unpaired) electrons. The number of benzene rings is 1. The quantitative estimate of drug-likeness (QED) is 0.813. The van der Waals surface area contributed by atoms with Gasteiger partial charge in [-0.05, 0) is 30.2 Å². The lowest BCUT2D eigenvalue weighted by Crippen LogP contribution is -2.50. The summed E-state index contributed by atoms with van der Waals surface area (Å²) in [6.07, 6.45) is 1.64. The van der Waals surface area contributed by atoms with Crippen LogP contribution in [0.3, 0.4) is 0 Å². The Morgan fingerprint density at radius 3 is 2.55 bits per heavy atom. The van der Waals surface area contributed by atoms with Crippen LogP contribution in [0.2, 0.25) is 0 Å². The molecule has 1 unspecified atom stereocenters. The molecule has 1 saturated heterocycles. The first-order chi connectivity index (χ1) is 10.5. The van der Waals surface area contributed by atoms with Crippen LogP contribution < -0.4 is 5.73 Å². The zero-order valence-corrected chi connectivity index (χ0v) is 14.0. The minimum atomic E-state index is -0.150. The van der Waals surface area contributed by atoms with Crippen molar-refractivity contribution in [3.05, 3.63) is 35.9 Å². The maximum atomic E-state index is 9.65. The molecule has 1 fully saturated rings. The molecule has 1 heterocycles. The summed E-state index contributed by atoms with van der Waals surface area (Å²) >= 11 is 0. The third-order valence-corrected chi connectivity index (χ3v) is 5.18. The van der Waals surface area contributed by atoms with E-state index in [1.54, 1.807) is 0 Å². The Kier molecular flexibility index (Phi) is 5.98. The Morgan fingerprint density at radius 2 is 2.00 bits per heavy atom. The molecule has 0 amide bonds. The van der Waals surface area contributed by atoms with E-state index in [2.05, 4.69) is 38.0 Å². The summed E-state index contributed by atoms with van der Waals surface area (Å²) in [7, 11) is 0. The molecule has 22 heavy (non-hydrogen) atoms. The highest BCUT2D eigenvalue weighted by Crippen LogP contribution is 2.43. The highest BCUT2D eigenvalue weighted by atomic mass is 16.7. The highest BCUT2D eigenvalue weighted by Gasteiger charge is 2.50. The van der Waals surface area contributed by atoms with Crippen LogP contribution in [0, 0.1) is 11.8 Å². The van der Waals surface area contributed by atoms with E-state index in [1.165, 1.54) is 5.56 Å². The Bertz CT molecular complexity index is 452. The summed E-state index contributed by atoms with van der Waals surface area (Å²) < 4.78 is 0. The second-order valence-electron chi connectivity index (χ2n) is 6.80. The number of aliphatic hydroxyl groups is 1. The van der Waals surface area contributed by atoms with Crippen molar-refractivity contribution < 1.29 is 9.94 Å². The van der Waals surface area contributed by atoms with Gasteiger partial charge in [0.25, 0.3) is 0 Å². The maximum absolute atomic E-state index is 9.65. The summed E-state index contributed by atoms with van der Waals surface area (Å²) in [4.78, 5) is 6.15. The van der Waals surface area contributed by atoms with Gasteiger partial charge in [-0.2, -0.15) is 5.06 Å². The molecule has 1 aromatic rings. The maximum Gasteiger partial charge on any atom is 0.0934 e. The lowest BCUT2D eigenvalue weighted by molar-refractivity contribution is -0.210. The van der Waals surface area contributed by atoms with Gasteiger partial charge >= 0.3 is 0 Å². The second kappa shape index (κ2) is 7.55. The fourth-order valence-corrected chi connectivity index (χ4v) is 3.57.